The lowest BCUT2D eigenvalue weighted by molar-refractivity contribution is 0.597. The van der Waals surface area contributed by atoms with Crippen molar-refractivity contribution in [2.45, 2.75) is 20.3 Å². The summed E-state index contributed by atoms with van der Waals surface area (Å²) in [7, 11) is 0. The van der Waals surface area contributed by atoms with Crippen molar-refractivity contribution in [3.05, 3.63) is 114 Å². The molecule has 0 atom stereocenters. The molecule has 4 aromatic heterocycles. The molecule has 0 spiro atoms. The van der Waals surface area contributed by atoms with Gasteiger partial charge in [0.15, 0.2) is 5.58 Å². The van der Waals surface area contributed by atoms with Gasteiger partial charge in [0.05, 0.1) is 5.69 Å². The van der Waals surface area contributed by atoms with Crippen molar-refractivity contribution in [2.24, 2.45) is 0 Å². The molecular weight excluding hydrogens is 470 g/mol. The number of pyridine rings is 1. The van der Waals surface area contributed by atoms with Crippen LogP contribution in [0.5, 0.6) is 0 Å². The number of aryl methyl sites for hydroxylation is 2. The van der Waals surface area contributed by atoms with Crippen molar-refractivity contribution in [1.29, 1.82) is 0 Å². The Balaban J connectivity index is 0.000000127. The number of para-hydroxylation sites is 3. The predicted octanol–water partition coefficient (Wildman–Crippen LogP) is 7.62. The number of aromatic nitrogens is 4. The summed E-state index contributed by atoms with van der Waals surface area (Å²) in [6, 6.07) is 27.4. The van der Waals surface area contributed by atoms with E-state index in [0.29, 0.717) is 6.01 Å². The van der Waals surface area contributed by atoms with Crippen molar-refractivity contribution < 1.29 is 4.42 Å². The zero-order chi connectivity index (χ0) is 25.6. The van der Waals surface area contributed by atoms with Gasteiger partial charge in [0.2, 0.25) is 0 Å². The Bertz CT molecular complexity index is 1890. The van der Waals surface area contributed by atoms with Crippen LogP contribution >= 0.6 is 0 Å². The second-order valence-corrected chi connectivity index (χ2v) is 9.73. The highest BCUT2D eigenvalue weighted by Crippen LogP contribution is 2.36. The molecule has 0 saturated carbocycles. The van der Waals surface area contributed by atoms with Gasteiger partial charge in [-0.25, -0.2) is 4.98 Å². The van der Waals surface area contributed by atoms with E-state index in [9.17, 15) is 0 Å². The topological polar surface area (TPSA) is 62.4 Å². The Morgan fingerprint density at radius 3 is 2.58 bits per heavy atom. The molecular formula is C32H27N5O. The van der Waals surface area contributed by atoms with E-state index in [4.69, 9.17) is 9.40 Å². The number of nitrogens with zero attached hydrogens (tertiary/aromatic N) is 4. The number of benzene rings is 3. The van der Waals surface area contributed by atoms with Crippen molar-refractivity contribution in [2.75, 3.05) is 11.4 Å². The SMILES string of the molecule is Cc1cccc2c1CCN2c1nc2ccccc2o1.Cc1cccn2cc(-c3c[nH]c4ccccc34)nc12. The van der Waals surface area contributed by atoms with Crippen LogP contribution in [0.1, 0.15) is 16.7 Å². The Kier molecular flexibility index (Phi) is 5.25. The van der Waals surface area contributed by atoms with Crippen LogP contribution < -0.4 is 4.90 Å². The number of rotatable bonds is 2. The van der Waals surface area contributed by atoms with Gasteiger partial charge in [-0.1, -0.05) is 48.5 Å². The van der Waals surface area contributed by atoms with Crippen LogP contribution in [0.15, 0.2) is 102 Å². The quantitative estimate of drug-likeness (QED) is 0.267. The Morgan fingerprint density at radius 1 is 0.842 bits per heavy atom. The van der Waals surface area contributed by atoms with E-state index in [-0.39, 0.29) is 0 Å². The summed E-state index contributed by atoms with van der Waals surface area (Å²) in [4.78, 5) is 14.8. The molecule has 0 amide bonds. The molecule has 0 radical (unpaired) electrons. The van der Waals surface area contributed by atoms with Gasteiger partial charge in [-0.3, -0.25) is 4.90 Å². The Hall–Kier alpha value is -4.84. The molecule has 6 heteroatoms. The maximum Gasteiger partial charge on any atom is 0.303 e. The predicted molar refractivity (Wildman–Crippen MR) is 153 cm³/mol. The standard InChI is InChI=1S/C16H13N3.C16H14N2O/c1-11-5-4-8-19-10-15(18-16(11)19)13-9-17-14-7-3-2-6-12(13)14;1-11-5-4-7-14-12(11)9-10-18(14)16-17-13-6-2-3-8-15(13)19-16/h2-10,17H,1H3;2-8H,9-10H2,1H3. The monoisotopic (exact) mass is 497 g/mol. The minimum Gasteiger partial charge on any atom is -0.423 e. The number of imidazole rings is 1. The highest BCUT2D eigenvalue weighted by Gasteiger charge is 2.25. The first-order valence-corrected chi connectivity index (χ1v) is 12.9. The van der Waals surface area contributed by atoms with Crippen molar-refractivity contribution >= 4 is 39.4 Å². The molecule has 186 valence electrons. The molecule has 0 aliphatic carbocycles. The third-order valence-corrected chi connectivity index (χ3v) is 7.32. The van der Waals surface area contributed by atoms with E-state index in [0.717, 1.165) is 46.5 Å². The second-order valence-electron chi connectivity index (χ2n) is 9.73. The molecule has 5 heterocycles. The van der Waals surface area contributed by atoms with Crippen LogP contribution in [0, 0.1) is 13.8 Å². The van der Waals surface area contributed by atoms with Gasteiger partial charge >= 0.3 is 6.01 Å². The fourth-order valence-electron chi connectivity index (χ4n) is 5.35. The molecule has 6 nitrogen and oxygen atoms in total. The third-order valence-electron chi connectivity index (χ3n) is 7.32. The van der Waals surface area contributed by atoms with E-state index < -0.39 is 0 Å². The summed E-state index contributed by atoms with van der Waals surface area (Å²) in [6.45, 7) is 5.18. The van der Waals surface area contributed by atoms with Crippen LogP contribution in [-0.2, 0) is 6.42 Å². The summed E-state index contributed by atoms with van der Waals surface area (Å²) in [5.74, 6) is 0. The normalized spacial score (nSPS) is 12.7. The number of fused-ring (bicyclic) bond motifs is 4. The van der Waals surface area contributed by atoms with Crippen molar-refractivity contribution in [1.82, 2.24) is 19.4 Å². The molecule has 0 fully saturated rings. The lowest BCUT2D eigenvalue weighted by Gasteiger charge is -2.14. The molecule has 1 aliphatic rings. The number of hydrogen-bond donors (Lipinski definition) is 1. The van der Waals surface area contributed by atoms with Gasteiger partial charge in [-0.15, -0.1) is 0 Å². The summed E-state index contributed by atoms with van der Waals surface area (Å²) in [6.07, 6.45) is 7.20. The number of anilines is 2. The van der Waals surface area contributed by atoms with Gasteiger partial charge in [0.1, 0.15) is 11.2 Å². The molecule has 38 heavy (non-hydrogen) atoms. The summed E-state index contributed by atoms with van der Waals surface area (Å²) < 4.78 is 7.94. The summed E-state index contributed by atoms with van der Waals surface area (Å²) in [5.41, 5.74) is 11.2. The third kappa shape index (κ3) is 3.73. The van der Waals surface area contributed by atoms with Crippen LogP contribution in [0.2, 0.25) is 0 Å². The Morgan fingerprint density at radius 2 is 1.68 bits per heavy atom. The molecule has 0 bridgehead atoms. The molecule has 0 saturated heterocycles. The average Bonchev–Trinajstić information content (AvgIpc) is 3.72. The van der Waals surface area contributed by atoms with Crippen LogP contribution in [-0.4, -0.2) is 25.9 Å². The highest BCUT2D eigenvalue weighted by molar-refractivity contribution is 5.94. The first-order valence-electron chi connectivity index (χ1n) is 12.9. The molecule has 1 aliphatic heterocycles. The number of hydrogen-bond acceptors (Lipinski definition) is 4. The van der Waals surface area contributed by atoms with Crippen LogP contribution in [0.3, 0.4) is 0 Å². The molecule has 7 aromatic rings. The van der Waals surface area contributed by atoms with Crippen LogP contribution in [0.4, 0.5) is 11.7 Å². The maximum absolute atomic E-state index is 5.86. The zero-order valence-electron chi connectivity index (χ0n) is 21.3. The fourth-order valence-corrected chi connectivity index (χ4v) is 5.35. The minimum absolute atomic E-state index is 0.700. The van der Waals surface area contributed by atoms with Gasteiger partial charge in [-0.2, -0.15) is 4.98 Å². The minimum atomic E-state index is 0.700. The lowest BCUT2D eigenvalue weighted by Crippen LogP contribution is -2.13. The molecule has 3 aromatic carbocycles. The average molecular weight is 498 g/mol. The van der Waals surface area contributed by atoms with E-state index in [1.165, 1.54) is 27.8 Å². The summed E-state index contributed by atoms with van der Waals surface area (Å²) >= 11 is 0. The van der Waals surface area contributed by atoms with Gasteiger partial charge in [0, 0.05) is 47.3 Å². The molecule has 0 unspecified atom stereocenters. The zero-order valence-corrected chi connectivity index (χ0v) is 21.3. The Labute approximate surface area is 220 Å². The van der Waals surface area contributed by atoms with Gasteiger partial charge in [-0.05, 0) is 67.3 Å². The van der Waals surface area contributed by atoms with Crippen molar-refractivity contribution in [3.63, 3.8) is 0 Å². The lowest BCUT2D eigenvalue weighted by atomic mass is 10.1. The summed E-state index contributed by atoms with van der Waals surface area (Å²) in [5, 5.41) is 1.21. The number of aromatic amines is 1. The largest absolute Gasteiger partial charge is 0.423 e. The molecule has 1 N–H and O–H groups in total. The smallest absolute Gasteiger partial charge is 0.303 e. The van der Waals surface area contributed by atoms with Crippen LogP contribution in [0.25, 0.3) is 38.9 Å². The second kappa shape index (κ2) is 8.92. The highest BCUT2D eigenvalue weighted by atomic mass is 16.4. The number of H-pyrrole nitrogens is 1. The van der Waals surface area contributed by atoms with E-state index in [1.54, 1.807) is 0 Å². The van der Waals surface area contributed by atoms with Gasteiger partial charge in [0.25, 0.3) is 0 Å². The van der Waals surface area contributed by atoms with E-state index in [2.05, 4.69) is 81.8 Å². The first-order chi connectivity index (χ1) is 18.7. The van der Waals surface area contributed by atoms with E-state index in [1.807, 2.05) is 48.8 Å². The maximum atomic E-state index is 5.86. The van der Waals surface area contributed by atoms with Gasteiger partial charge < -0.3 is 13.8 Å². The van der Waals surface area contributed by atoms with Crippen molar-refractivity contribution in [3.8, 4) is 11.3 Å². The van der Waals surface area contributed by atoms with E-state index >= 15 is 0 Å². The number of nitrogens with one attached hydrogen (secondary N) is 1. The fraction of sp³-hybridized carbons (Fsp3) is 0.125. The molecule has 8 rings (SSSR count). The number of oxazole rings is 1. The first kappa shape index (κ1) is 22.4.